The zero-order valence-corrected chi connectivity index (χ0v) is 9.97. The van der Waals surface area contributed by atoms with Gasteiger partial charge in [0.2, 0.25) is 0 Å². The minimum Gasteiger partial charge on any atom is -0.503 e. The molecule has 0 bridgehead atoms. The fourth-order valence-corrected chi connectivity index (χ4v) is 1.27. The number of hydrazone groups is 1. The quantitative estimate of drug-likeness (QED) is 0.432. The average molecular weight is 260 g/mol. The van der Waals surface area contributed by atoms with E-state index < -0.39 is 0 Å². The van der Waals surface area contributed by atoms with Gasteiger partial charge in [0.15, 0.2) is 16.6 Å². The molecule has 7 heteroatoms. The summed E-state index contributed by atoms with van der Waals surface area (Å²) < 4.78 is 4.93. The number of halogens is 1. The summed E-state index contributed by atoms with van der Waals surface area (Å²) in [5.41, 5.74) is 8.22. The lowest BCUT2D eigenvalue weighted by molar-refractivity contribution is 0.373. The van der Waals surface area contributed by atoms with Gasteiger partial charge in [-0.3, -0.25) is 5.43 Å². The van der Waals surface area contributed by atoms with E-state index in [1.54, 1.807) is 6.07 Å². The number of methoxy groups -OCH3 is 1. The van der Waals surface area contributed by atoms with Crippen molar-refractivity contribution in [2.75, 3.05) is 7.11 Å². The zero-order chi connectivity index (χ0) is 12.1. The van der Waals surface area contributed by atoms with Gasteiger partial charge >= 0.3 is 0 Å². The Morgan fingerprint density at radius 2 is 2.38 bits per heavy atom. The van der Waals surface area contributed by atoms with Gasteiger partial charge < -0.3 is 15.6 Å². The summed E-state index contributed by atoms with van der Waals surface area (Å²) in [6.07, 6.45) is 1.45. The van der Waals surface area contributed by atoms with E-state index in [-0.39, 0.29) is 21.6 Å². The highest BCUT2D eigenvalue weighted by molar-refractivity contribution is 7.80. The van der Waals surface area contributed by atoms with Crippen molar-refractivity contribution >= 4 is 35.1 Å². The van der Waals surface area contributed by atoms with E-state index in [1.165, 1.54) is 19.4 Å². The molecule has 0 aliphatic heterocycles. The van der Waals surface area contributed by atoms with Crippen LogP contribution in [0, 0.1) is 0 Å². The summed E-state index contributed by atoms with van der Waals surface area (Å²) in [5, 5.41) is 13.5. The molecule has 16 heavy (non-hydrogen) atoms. The number of nitrogens with one attached hydrogen (secondary N) is 1. The molecule has 1 aromatic carbocycles. The van der Waals surface area contributed by atoms with Crippen LogP contribution in [0.2, 0.25) is 5.02 Å². The molecule has 0 saturated carbocycles. The van der Waals surface area contributed by atoms with Crippen LogP contribution in [0.25, 0.3) is 0 Å². The number of ether oxygens (including phenoxy) is 1. The monoisotopic (exact) mass is 259 g/mol. The van der Waals surface area contributed by atoms with E-state index in [2.05, 4.69) is 22.7 Å². The highest BCUT2D eigenvalue weighted by Crippen LogP contribution is 2.34. The van der Waals surface area contributed by atoms with Gasteiger partial charge in [0.1, 0.15) is 0 Å². The number of phenolic OH excluding ortho intramolecular Hbond substituents is 1. The smallest absolute Gasteiger partial charge is 0.184 e. The van der Waals surface area contributed by atoms with Crippen molar-refractivity contribution in [1.29, 1.82) is 0 Å². The van der Waals surface area contributed by atoms with Crippen LogP contribution in [0.15, 0.2) is 17.2 Å². The maximum Gasteiger partial charge on any atom is 0.184 e. The molecule has 0 unspecified atom stereocenters. The van der Waals surface area contributed by atoms with Crippen LogP contribution in [-0.2, 0) is 0 Å². The van der Waals surface area contributed by atoms with E-state index >= 15 is 0 Å². The van der Waals surface area contributed by atoms with Crippen molar-refractivity contribution < 1.29 is 9.84 Å². The van der Waals surface area contributed by atoms with E-state index in [9.17, 15) is 5.11 Å². The fourth-order valence-electron chi connectivity index (χ4n) is 0.994. The maximum atomic E-state index is 9.48. The molecule has 0 aromatic heterocycles. The van der Waals surface area contributed by atoms with Crippen LogP contribution in [0.3, 0.4) is 0 Å². The molecule has 0 spiro atoms. The average Bonchev–Trinajstić information content (AvgIpc) is 2.22. The highest BCUT2D eigenvalue weighted by atomic mass is 35.5. The third-order valence-electron chi connectivity index (χ3n) is 1.66. The van der Waals surface area contributed by atoms with Gasteiger partial charge in [-0.2, -0.15) is 5.10 Å². The number of phenols is 1. The van der Waals surface area contributed by atoms with E-state index in [1.807, 2.05) is 0 Å². The molecular weight excluding hydrogens is 250 g/mol. The molecule has 0 fully saturated rings. The largest absolute Gasteiger partial charge is 0.503 e. The number of benzene rings is 1. The van der Waals surface area contributed by atoms with Gasteiger partial charge in [-0.15, -0.1) is 0 Å². The Balaban J connectivity index is 2.93. The SMILES string of the molecule is COc1cc(/C=N/NC(N)=S)cc(Cl)c1O. The van der Waals surface area contributed by atoms with Crippen LogP contribution in [0.5, 0.6) is 11.5 Å². The summed E-state index contributed by atoms with van der Waals surface area (Å²) in [6.45, 7) is 0. The Morgan fingerprint density at radius 1 is 1.69 bits per heavy atom. The maximum absolute atomic E-state index is 9.48. The van der Waals surface area contributed by atoms with Crippen LogP contribution in [0.1, 0.15) is 5.56 Å². The van der Waals surface area contributed by atoms with Gasteiger partial charge in [-0.25, -0.2) is 0 Å². The number of aromatic hydroxyl groups is 1. The summed E-state index contributed by atoms with van der Waals surface area (Å²) in [7, 11) is 1.43. The first-order valence-electron chi connectivity index (χ1n) is 4.19. The van der Waals surface area contributed by atoms with E-state index in [4.69, 9.17) is 22.1 Å². The minimum atomic E-state index is -0.108. The van der Waals surface area contributed by atoms with Gasteiger partial charge in [-0.05, 0) is 29.9 Å². The van der Waals surface area contributed by atoms with Crippen LogP contribution in [-0.4, -0.2) is 23.5 Å². The van der Waals surface area contributed by atoms with E-state index in [0.29, 0.717) is 5.56 Å². The third kappa shape index (κ3) is 3.25. The highest BCUT2D eigenvalue weighted by Gasteiger charge is 2.07. The first-order valence-corrected chi connectivity index (χ1v) is 4.98. The second-order valence-electron chi connectivity index (χ2n) is 2.79. The summed E-state index contributed by atoms with van der Waals surface area (Å²) in [5.74, 6) is 0.160. The third-order valence-corrected chi connectivity index (χ3v) is 2.04. The van der Waals surface area contributed by atoms with Gasteiger partial charge in [0.25, 0.3) is 0 Å². The topological polar surface area (TPSA) is 79.9 Å². The first kappa shape index (κ1) is 12.5. The van der Waals surface area contributed by atoms with E-state index in [0.717, 1.165) is 0 Å². The second kappa shape index (κ2) is 5.53. The zero-order valence-electron chi connectivity index (χ0n) is 8.40. The van der Waals surface area contributed by atoms with Crippen molar-refractivity contribution in [3.8, 4) is 11.5 Å². The predicted octanol–water partition coefficient (Wildman–Crippen LogP) is 1.22. The van der Waals surface area contributed by atoms with Gasteiger partial charge in [0.05, 0.1) is 18.3 Å². The number of nitrogens with zero attached hydrogens (tertiary/aromatic N) is 1. The standard InChI is InChI=1S/C9H10ClN3O2S/c1-15-7-3-5(2-6(10)8(7)14)4-12-13-9(11)16/h2-4,14H,1H3,(H3,11,13,16)/b12-4+. The molecule has 0 amide bonds. The molecule has 0 atom stereocenters. The van der Waals surface area contributed by atoms with Gasteiger partial charge in [-0.1, -0.05) is 11.6 Å². The lowest BCUT2D eigenvalue weighted by Crippen LogP contribution is -2.23. The van der Waals surface area contributed by atoms with Crippen LogP contribution in [0.4, 0.5) is 0 Å². The van der Waals surface area contributed by atoms with Crippen LogP contribution < -0.4 is 15.9 Å². The Kier molecular flexibility index (Phi) is 4.33. The molecule has 0 radical (unpaired) electrons. The Morgan fingerprint density at radius 3 is 2.94 bits per heavy atom. The lowest BCUT2D eigenvalue weighted by atomic mass is 10.2. The van der Waals surface area contributed by atoms with Crippen molar-refractivity contribution in [3.05, 3.63) is 22.7 Å². The van der Waals surface area contributed by atoms with Crippen LogP contribution >= 0.6 is 23.8 Å². The fraction of sp³-hybridized carbons (Fsp3) is 0.111. The van der Waals surface area contributed by atoms with Crippen molar-refractivity contribution in [1.82, 2.24) is 5.43 Å². The molecule has 5 nitrogen and oxygen atoms in total. The molecular formula is C9H10ClN3O2S. The predicted molar refractivity (Wildman–Crippen MR) is 67.2 cm³/mol. The summed E-state index contributed by atoms with van der Waals surface area (Å²) >= 11 is 10.3. The molecule has 1 aromatic rings. The lowest BCUT2D eigenvalue weighted by Gasteiger charge is -2.05. The Bertz CT molecular complexity index is 437. The summed E-state index contributed by atoms with van der Waals surface area (Å²) in [4.78, 5) is 0. The number of hydrogen-bond acceptors (Lipinski definition) is 4. The van der Waals surface area contributed by atoms with Crippen molar-refractivity contribution in [2.45, 2.75) is 0 Å². The number of nitrogens with two attached hydrogens (primary N) is 1. The molecule has 0 heterocycles. The molecule has 86 valence electrons. The summed E-state index contributed by atoms with van der Waals surface area (Å²) in [6, 6.07) is 3.11. The van der Waals surface area contributed by atoms with Crippen molar-refractivity contribution in [2.24, 2.45) is 10.8 Å². The first-order chi connectivity index (χ1) is 7.54. The number of thiocarbonyl (C=S) groups is 1. The number of rotatable bonds is 3. The second-order valence-corrected chi connectivity index (χ2v) is 3.63. The van der Waals surface area contributed by atoms with Gasteiger partial charge in [0, 0.05) is 0 Å². The molecule has 1 rings (SSSR count). The molecule has 0 aliphatic rings. The molecule has 4 N–H and O–H groups in total. The normalized spacial score (nSPS) is 10.4. The number of hydrogen-bond donors (Lipinski definition) is 3. The molecule has 0 aliphatic carbocycles. The Hall–Kier alpha value is -1.53. The van der Waals surface area contributed by atoms with Crippen molar-refractivity contribution in [3.63, 3.8) is 0 Å². The minimum absolute atomic E-state index is 0.0630. The Labute approximate surface area is 103 Å². The molecule has 0 saturated heterocycles.